The molecule has 0 unspecified atom stereocenters. The van der Waals surface area contributed by atoms with Gasteiger partial charge in [0.2, 0.25) is 5.91 Å². The largest absolute Gasteiger partial charge is 0.496 e. The molecule has 1 aromatic rings. The van der Waals surface area contributed by atoms with Gasteiger partial charge in [-0.15, -0.1) is 0 Å². The fourth-order valence-electron chi connectivity index (χ4n) is 3.62. The van der Waals surface area contributed by atoms with E-state index < -0.39 is 29.6 Å². The van der Waals surface area contributed by atoms with E-state index in [1.165, 1.54) is 7.11 Å². The molecule has 0 spiro atoms. The molecular formula is C17H18N2O5. The predicted octanol–water partition coefficient (Wildman–Crippen LogP) is 0.979. The second-order valence-corrected chi connectivity index (χ2v) is 5.98. The Hall–Kier alpha value is -2.83. The Labute approximate surface area is 138 Å². The summed E-state index contributed by atoms with van der Waals surface area (Å²) in [6, 6.07) is 6.62. The number of rotatable bonds is 4. The van der Waals surface area contributed by atoms with Crippen molar-refractivity contribution in [3.05, 3.63) is 42.0 Å². The third-order valence-corrected chi connectivity index (χ3v) is 4.70. The first-order valence-corrected chi connectivity index (χ1v) is 7.67. The lowest BCUT2D eigenvalue weighted by molar-refractivity contribution is -0.148. The van der Waals surface area contributed by atoms with Crippen LogP contribution in [0.25, 0.3) is 0 Å². The van der Waals surface area contributed by atoms with Crippen LogP contribution in [0.2, 0.25) is 0 Å². The number of carbonyl (C=O) groups excluding carboxylic acids is 2. The number of hydrazine groups is 1. The van der Waals surface area contributed by atoms with Gasteiger partial charge in [-0.25, -0.2) is 0 Å². The fraction of sp³-hybridized carbons (Fsp3) is 0.353. The highest BCUT2D eigenvalue weighted by Crippen LogP contribution is 2.48. The van der Waals surface area contributed by atoms with E-state index in [1.54, 1.807) is 24.3 Å². The van der Waals surface area contributed by atoms with Gasteiger partial charge in [0.25, 0.3) is 5.91 Å². The number of fused-ring (bicyclic) bond motifs is 2. The summed E-state index contributed by atoms with van der Waals surface area (Å²) in [6.07, 6.45) is 4.41. The Morgan fingerprint density at radius 3 is 2.42 bits per heavy atom. The van der Waals surface area contributed by atoms with Crippen molar-refractivity contribution < 1.29 is 24.2 Å². The molecule has 126 valence electrons. The number of carboxylic acid groups (broad SMARTS) is 1. The number of hydrogen-bond acceptors (Lipinski definition) is 4. The summed E-state index contributed by atoms with van der Waals surface area (Å²) in [7, 11) is 1.45. The minimum absolute atomic E-state index is 0.0979. The van der Waals surface area contributed by atoms with Gasteiger partial charge in [-0.1, -0.05) is 24.3 Å². The highest BCUT2D eigenvalue weighted by Gasteiger charge is 2.51. The standard InChI is InChI=1S/C17H18N2O5/c1-24-12-5-3-2-4-11(12)15(20)18-19-16(21)13-9-6-7-10(8-9)14(13)17(22)23/h2-7,9-10,13-14H,8H2,1H3,(H,18,20)(H,19,21)(H,22,23)/t9-,10-,13-,14+/m0/s1. The van der Waals surface area contributed by atoms with E-state index in [9.17, 15) is 19.5 Å². The molecular weight excluding hydrogens is 312 g/mol. The van der Waals surface area contributed by atoms with Crippen LogP contribution < -0.4 is 15.6 Å². The van der Waals surface area contributed by atoms with Crippen LogP contribution in [0.15, 0.2) is 36.4 Å². The second-order valence-electron chi connectivity index (χ2n) is 5.98. The van der Waals surface area contributed by atoms with Crippen molar-refractivity contribution in [3.8, 4) is 5.75 Å². The van der Waals surface area contributed by atoms with Crippen molar-refractivity contribution in [2.24, 2.45) is 23.7 Å². The Morgan fingerprint density at radius 1 is 1.08 bits per heavy atom. The van der Waals surface area contributed by atoms with Crippen LogP contribution in [-0.4, -0.2) is 30.0 Å². The number of carboxylic acids is 1. The van der Waals surface area contributed by atoms with E-state index in [0.717, 1.165) is 0 Å². The number of methoxy groups -OCH3 is 1. The molecule has 2 aliphatic rings. The van der Waals surface area contributed by atoms with Gasteiger partial charge in [-0.3, -0.25) is 25.2 Å². The monoisotopic (exact) mass is 330 g/mol. The molecule has 2 aliphatic carbocycles. The van der Waals surface area contributed by atoms with Crippen molar-refractivity contribution in [2.45, 2.75) is 6.42 Å². The molecule has 24 heavy (non-hydrogen) atoms. The SMILES string of the molecule is COc1ccccc1C(=O)NNC(=O)[C@@H]1[C@H](C(=O)O)[C@H]2C=C[C@H]1C2. The summed E-state index contributed by atoms with van der Waals surface area (Å²) in [4.78, 5) is 36.0. The predicted molar refractivity (Wildman–Crippen MR) is 84.0 cm³/mol. The molecule has 0 saturated heterocycles. The minimum atomic E-state index is -0.983. The van der Waals surface area contributed by atoms with E-state index >= 15 is 0 Å². The third-order valence-electron chi connectivity index (χ3n) is 4.70. The maximum absolute atomic E-state index is 12.4. The average molecular weight is 330 g/mol. The summed E-state index contributed by atoms with van der Waals surface area (Å²) in [5, 5.41) is 9.36. The summed E-state index contributed by atoms with van der Waals surface area (Å²) in [5.74, 6) is -3.24. The van der Waals surface area contributed by atoms with Gasteiger partial charge >= 0.3 is 5.97 Å². The van der Waals surface area contributed by atoms with E-state index in [-0.39, 0.29) is 17.4 Å². The third kappa shape index (κ3) is 2.73. The first kappa shape index (κ1) is 16.0. The number of nitrogens with one attached hydrogen (secondary N) is 2. The highest BCUT2D eigenvalue weighted by atomic mass is 16.5. The zero-order valence-electron chi connectivity index (χ0n) is 13.1. The van der Waals surface area contributed by atoms with Gasteiger partial charge in [0.1, 0.15) is 5.75 Å². The maximum atomic E-state index is 12.4. The van der Waals surface area contributed by atoms with Gasteiger partial charge in [-0.2, -0.15) is 0 Å². The summed E-state index contributed by atoms with van der Waals surface area (Å²) >= 11 is 0. The number of benzene rings is 1. The van der Waals surface area contributed by atoms with Crippen LogP contribution in [0.5, 0.6) is 5.75 Å². The molecule has 0 aromatic heterocycles. The van der Waals surface area contributed by atoms with E-state index in [0.29, 0.717) is 12.2 Å². The lowest BCUT2D eigenvalue weighted by Crippen LogP contribution is -2.48. The Morgan fingerprint density at radius 2 is 1.75 bits per heavy atom. The molecule has 0 radical (unpaired) electrons. The molecule has 1 fully saturated rings. The molecule has 1 saturated carbocycles. The summed E-state index contributed by atoms with van der Waals surface area (Å²) in [5.41, 5.74) is 4.97. The van der Waals surface area contributed by atoms with Gasteiger partial charge in [-0.05, 0) is 30.4 Å². The highest BCUT2D eigenvalue weighted by molar-refractivity contribution is 5.98. The van der Waals surface area contributed by atoms with Crippen molar-refractivity contribution in [1.29, 1.82) is 0 Å². The lowest BCUT2D eigenvalue weighted by atomic mass is 9.82. The molecule has 2 bridgehead atoms. The minimum Gasteiger partial charge on any atom is -0.496 e. The van der Waals surface area contributed by atoms with E-state index in [4.69, 9.17) is 4.74 Å². The van der Waals surface area contributed by atoms with Crippen molar-refractivity contribution >= 4 is 17.8 Å². The molecule has 7 heteroatoms. The van der Waals surface area contributed by atoms with Gasteiger partial charge < -0.3 is 9.84 Å². The molecule has 1 aromatic carbocycles. The van der Waals surface area contributed by atoms with Gasteiger partial charge in [0.15, 0.2) is 0 Å². The first-order valence-electron chi connectivity index (χ1n) is 7.67. The number of carbonyl (C=O) groups is 3. The molecule has 7 nitrogen and oxygen atoms in total. The first-order chi connectivity index (χ1) is 11.5. The zero-order chi connectivity index (χ0) is 17.3. The molecule has 3 rings (SSSR count). The topological polar surface area (TPSA) is 105 Å². The number of allylic oxidation sites excluding steroid dienone is 2. The molecule has 2 amide bonds. The van der Waals surface area contributed by atoms with Crippen molar-refractivity contribution in [3.63, 3.8) is 0 Å². The van der Waals surface area contributed by atoms with Crippen LogP contribution in [0.1, 0.15) is 16.8 Å². The molecule has 0 aliphatic heterocycles. The fourth-order valence-corrected chi connectivity index (χ4v) is 3.62. The van der Waals surface area contributed by atoms with Crippen LogP contribution in [0.4, 0.5) is 0 Å². The average Bonchev–Trinajstić information content (AvgIpc) is 3.20. The van der Waals surface area contributed by atoms with Crippen LogP contribution in [0, 0.1) is 23.7 Å². The Bertz CT molecular complexity index is 715. The maximum Gasteiger partial charge on any atom is 0.307 e. The van der Waals surface area contributed by atoms with Crippen LogP contribution in [0.3, 0.4) is 0 Å². The van der Waals surface area contributed by atoms with Crippen LogP contribution >= 0.6 is 0 Å². The Kier molecular flexibility index (Phi) is 4.24. The number of ether oxygens (including phenoxy) is 1. The zero-order valence-corrected chi connectivity index (χ0v) is 13.1. The second kappa shape index (κ2) is 6.35. The lowest BCUT2D eigenvalue weighted by Gasteiger charge is -2.23. The quantitative estimate of drug-likeness (QED) is 0.564. The molecule has 4 atom stereocenters. The number of aliphatic carboxylic acids is 1. The van der Waals surface area contributed by atoms with Crippen LogP contribution in [-0.2, 0) is 9.59 Å². The van der Waals surface area contributed by atoms with E-state index in [2.05, 4.69) is 10.9 Å². The van der Waals surface area contributed by atoms with Gasteiger partial charge in [0.05, 0.1) is 24.5 Å². The number of para-hydroxylation sites is 1. The molecule has 0 heterocycles. The number of amides is 2. The van der Waals surface area contributed by atoms with Crippen molar-refractivity contribution in [1.82, 2.24) is 10.9 Å². The number of hydrogen-bond donors (Lipinski definition) is 3. The summed E-state index contributed by atoms with van der Waals surface area (Å²) < 4.78 is 5.10. The Balaban J connectivity index is 1.66. The smallest absolute Gasteiger partial charge is 0.307 e. The van der Waals surface area contributed by atoms with E-state index in [1.807, 2.05) is 12.2 Å². The van der Waals surface area contributed by atoms with Gasteiger partial charge in [0, 0.05) is 0 Å². The summed E-state index contributed by atoms with van der Waals surface area (Å²) in [6.45, 7) is 0. The normalized spacial score (nSPS) is 26.9. The molecule has 3 N–H and O–H groups in total. The van der Waals surface area contributed by atoms with Crippen molar-refractivity contribution in [2.75, 3.05) is 7.11 Å².